The Morgan fingerprint density at radius 1 is 1.20 bits per heavy atom. The van der Waals surface area contributed by atoms with Crippen molar-refractivity contribution >= 4 is 24.2 Å². The lowest BCUT2D eigenvalue weighted by molar-refractivity contribution is -0.132. The molecular weight excluding hydrogens is 345 g/mol. The Bertz CT molecular complexity index is 600. The molecule has 138 valence electrons. The number of nitrogens with one attached hydrogen (secondary N) is 2. The molecule has 0 aliphatic carbocycles. The Balaban J connectivity index is 0.00000225. The van der Waals surface area contributed by atoms with E-state index in [2.05, 4.69) is 10.6 Å². The van der Waals surface area contributed by atoms with Crippen molar-refractivity contribution in [3.05, 3.63) is 35.6 Å². The highest BCUT2D eigenvalue weighted by Crippen LogP contribution is 2.26. The average molecular weight is 370 g/mol. The molecule has 0 radical (unpaired) electrons. The van der Waals surface area contributed by atoms with Crippen LogP contribution >= 0.6 is 12.4 Å². The van der Waals surface area contributed by atoms with E-state index in [0.717, 1.165) is 39.0 Å². The first-order valence-electron chi connectivity index (χ1n) is 8.61. The molecule has 1 aromatic rings. The van der Waals surface area contributed by atoms with Gasteiger partial charge in [-0.3, -0.25) is 9.59 Å². The number of amides is 2. The van der Waals surface area contributed by atoms with E-state index in [1.54, 1.807) is 12.1 Å². The fourth-order valence-corrected chi connectivity index (χ4v) is 3.65. The third kappa shape index (κ3) is 5.41. The molecule has 7 heteroatoms. The van der Waals surface area contributed by atoms with Gasteiger partial charge in [0.2, 0.25) is 11.8 Å². The summed E-state index contributed by atoms with van der Waals surface area (Å²) in [7, 11) is 0. The van der Waals surface area contributed by atoms with Gasteiger partial charge in [-0.25, -0.2) is 4.39 Å². The van der Waals surface area contributed by atoms with Crippen molar-refractivity contribution in [2.75, 3.05) is 32.7 Å². The van der Waals surface area contributed by atoms with Crippen LogP contribution in [0.3, 0.4) is 0 Å². The van der Waals surface area contributed by atoms with Crippen LogP contribution in [-0.2, 0) is 16.0 Å². The maximum absolute atomic E-state index is 13.1. The summed E-state index contributed by atoms with van der Waals surface area (Å²) in [5.74, 6) is 0.692. The lowest BCUT2D eigenvalue weighted by Gasteiger charge is -2.21. The molecule has 3 rings (SSSR count). The normalized spacial score (nSPS) is 22.5. The van der Waals surface area contributed by atoms with Gasteiger partial charge in [0.1, 0.15) is 5.82 Å². The number of nitrogens with zero attached hydrogens (tertiary/aromatic N) is 1. The van der Waals surface area contributed by atoms with E-state index in [-0.39, 0.29) is 43.0 Å². The molecule has 2 aliphatic heterocycles. The largest absolute Gasteiger partial charge is 0.347 e. The number of rotatable bonds is 4. The third-order valence-corrected chi connectivity index (χ3v) is 5.06. The number of likely N-dealkylation sites (tertiary alicyclic amines) is 1. The predicted molar refractivity (Wildman–Crippen MR) is 96.0 cm³/mol. The van der Waals surface area contributed by atoms with Crippen molar-refractivity contribution in [3.63, 3.8) is 0 Å². The number of hydrogen-bond donors (Lipinski definition) is 2. The van der Waals surface area contributed by atoms with Gasteiger partial charge in [0, 0.05) is 13.1 Å². The molecule has 2 heterocycles. The molecule has 2 saturated heterocycles. The molecule has 0 aromatic heterocycles. The molecule has 2 fully saturated rings. The Morgan fingerprint density at radius 3 is 2.52 bits per heavy atom. The number of fused-ring (bicyclic) bond motifs is 1. The summed E-state index contributed by atoms with van der Waals surface area (Å²) in [5, 5.41) is 6.07. The zero-order valence-electron chi connectivity index (χ0n) is 14.2. The number of hydrogen-bond acceptors (Lipinski definition) is 3. The maximum atomic E-state index is 13.1. The first-order chi connectivity index (χ1) is 11.6. The second-order valence-corrected chi connectivity index (χ2v) is 6.72. The molecule has 0 bridgehead atoms. The summed E-state index contributed by atoms with van der Waals surface area (Å²) in [6.07, 6.45) is 2.14. The van der Waals surface area contributed by atoms with Gasteiger partial charge in [0.15, 0.2) is 0 Å². The quantitative estimate of drug-likeness (QED) is 0.842. The number of halogens is 2. The van der Waals surface area contributed by atoms with Gasteiger partial charge >= 0.3 is 0 Å². The van der Waals surface area contributed by atoms with Crippen molar-refractivity contribution in [3.8, 4) is 0 Å². The summed E-state index contributed by atoms with van der Waals surface area (Å²) in [6, 6.07) is 5.95. The monoisotopic (exact) mass is 369 g/mol. The standard InChI is InChI=1S/C18H24FN3O2.ClH/c19-16-3-1-2-13(8-16)9-17(23)21-12-18(24)22-6-4-14-10-20-11-15(14)5-7-22;/h1-3,8,14-15,20H,4-7,9-12H2,(H,21,23);1H/t14-,15+;. The molecule has 0 unspecified atom stereocenters. The molecule has 2 amide bonds. The van der Waals surface area contributed by atoms with Crippen LogP contribution in [0, 0.1) is 17.7 Å². The third-order valence-electron chi connectivity index (χ3n) is 5.06. The van der Waals surface area contributed by atoms with E-state index >= 15 is 0 Å². The summed E-state index contributed by atoms with van der Waals surface area (Å²) in [4.78, 5) is 26.1. The fraction of sp³-hybridized carbons (Fsp3) is 0.556. The number of carbonyl (C=O) groups is 2. The Hall–Kier alpha value is -1.66. The molecule has 5 nitrogen and oxygen atoms in total. The number of benzene rings is 1. The van der Waals surface area contributed by atoms with Crippen molar-refractivity contribution in [2.45, 2.75) is 19.3 Å². The summed E-state index contributed by atoms with van der Waals surface area (Å²) < 4.78 is 13.1. The number of carbonyl (C=O) groups excluding carboxylic acids is 2. The van der Waals surface area contributed by atoms with Crippen LogP contribution in [0.15, 0.2) is 24.3 Å². The lowest BCUT2D eigenvalue weighted by atomic mass is 9.92. The highest BCUT2D eigenvalue weighted by molar-refractivity contribution is 5.86. The lowest BCUT2D eigenvalue weighted by Crippen LogP contribution is -2.41. The summed E-state index contributed by atoms with van der Waals surface area (Å²) in [5.41, 5.74) is 0.607. The van der Waals surface area contributed by atoms with Gasteiger partial charge in [-0.1, -0.05) is 12.1 Å². The van der Waals surface area contributed by atoms with Gasteiger partial charge < -0.3 is 15.5 Å². The van der Waals surface area contributed by atoms with Crippen LogP contribution in [0.5, 0.6) is 0 Å². The smallest absolute Gasteiger partial charge is 0.241 e. The molecule has 25 heavy (non-hydrogen) atoms. The van der Waals surface area contributed by atoms with Gasteiger partial charge in [-0.2, -0.15) is 0 Å². The molecule has 0 spiro atoms. The minimum atomic E-state index is -0.360. The SMILES string of the molecule is Cl.O=C(Cc1cccc(F)c1)NCC(=O)N1CC[C@@H]2CNC[C@@H]2CC1. The molecule has 2 atom stereocenters. The van der Waals surface area contributed by atoms with Gasteiger partial charge in [-0.15, -0.1) is 12.4 Å². The van der Waals surface area contributed by atoms with Crippen LogP contribution in [0.4, 0.5) is 4.39 Å². The molecular formula is C18H25ClFN3O2. The molecule has 2 aliphatic rings. The molecule has 0 saturated carbocycles. The van der Waals surface area contributed by atoms with Crippen molar-refractivity contribution < 1.29 is 14.0 Å². The van der Waals surface area contributed by atoms with E-state index in [4.69, 9.17) is 0 Å². The van der Waals surface area contributed by atoms with Crippen LogP contribution < -0.4 is 10.6 Å². The van der Waals surface area contributed by atoms with Gasteiger partial charge in [0.25, 0.3) is 0 Å². The van der Waals surface area contributed by atoms with Crippen LogP contribution in [0.25, 0.3) is 0 Å². The van der Waals surface area contributed by atoms with Gasteiger partial charge in [-0.05, 0) is 55.5 Å². The van der Waals surface area contributed by atoms with Gasteiger partial charge in [0.05, 0.1) is 13.0 Å². The van der Waals surface area contributed by atoms with Crippen LogP contribution in [-0.4, -0.2) is 49.4 Å². The van der Waals surface area contributed by atoms with E-state index in [1.165, 1.54) is 12.1 Å². The predicted octanol–water partition coefficient (Wildman–Crippen LogP) is 1.36. The zero-order valence-corrected chi connectivity index (χ0v) is 15.0. The van der Waals surface area contributed by atoms with Crippen molar-refractivity contribution in [2.24, 2.45) is 11.8 Å². The van der Waals surface area contributed by atoms with E-state index < -0.39 is 0 Å². The highest BCUT2D eigenvalue weighted by Gasteiger charge is 2.31. The first kappa shape index (κ1) is 19.7. The summed E-state index contributed by atoms with van der Waals surface area (Å²) in [6.45, 7) is 3.65. The topological polar surface area (TPSA) is 61.4 Å². The molecule has 1 aromatic carbocycles. The second-order valence-electron chi connectivity index (χ2n) is 6.72. The highest BCUT2D eigenvalue weighted by atomic mass is 35.5. The van der Waals surface area contributed by atoms with Crippen molar-refractivity contribution in [1.82, 2.24) is 15.5 Å². The van der Waals surface area contributed by atoms with Crippen molar-refractivity contribution in [1.29, 1.82) is 0 Å². The summed E-state index contributed by atoms with van der Waals surface area (Å²) >= 11 is 0. The van der Waals surface area contributed by atoms with Crippen LogP contribution in [0.1, 0.15) is 18.4 Å². The fourth-order valence-electron chi connectivity index (χ4n) is 3.65. The van der Waals surface area contributed by atoms with E-state index in [9.17, 15) is 14.0 Å². The maximum Gasteiger partial charge on any atom is 0.241 e. The minimum Gasteiger partial charge on any atom is -0.347 e. The Labute approximate surface area is 153 Å². The second kappa shape index (κ2) is 9.15. The van der Waals surface area contributed by atoms with Crippen LogP contribution in [0.2, 0.25) is 0 Å². The first-order valence-corrected chi connectivity index (χ1v) is 8.61. The van der Waals surface area contributed by atoms with E-state index in [0.29, 0.717) is 17.4 Å². The minimum absolute atomic E-state index is 0. The average Bonchev–Trinajstić information content (AvgIpc) is 2.91. The molecule has 2 N–H and O–H groups in total. The zero-order chi connectivity index (χ0) is 16.9. The van der Waals surface area contributed by atoms with E-state index in [1.807, 2.05) is 4.90 Å². The Morgan fingerprint density at radius 2 is 1.88 bits per heavy atom. The Kier molecular flexibility index (Phi) is 7.20.